The van der Waals surface area contributed by atoms with Crippen LogP contribution in [0.5, 0.6) is 0 Å². The summed E-state index contributed by atoms with van der Waals surface area (Å²) >= 11 is 0. The number of hydrogen-bond donors (Lipinski definition) is 1. The fourth-order valence-corrected chi connectivity index (χ4v) is 2.95. The zero-order valence-electron chi connectivity index (χ0n) is 13.0. The Bertz CT molecular complexity index is 714. The van der Waals surface area contributed by atoms with Crippen LogP contribution in [0.25, 0.3) is 0 Å². The highest BCUT2D eigenvalue weighted by Crippen LogP contribution is 2.36. The van der Waals surface area contributed by atoms with Gasteiger partial charge in [0.2, 0.25) is 0 Å². The molecule has 0 aromatic heterocycles. The maximum Gasteiger partial charge on any atom is 0.498 e. The van der Waals surface area contributed by atoms with Crippen LogP contribution in [0.2, 0.25) is 0 Å². The zero-order valence-corrected chi connectivity index (χ0v) is 13.9. The highest BCUT2D eigenvalue weighted by Gasteiger charge is 2.60. The predicted octanol–water partition coefficient (Wildman–Crippen LogP) is 1.67. The van der Waals surface area contributed by atoms with E-state index in [1.807, 2.05) is 5.32 Å². The molecular weight excluding hydrogens is 351 g/mol. The van der Waals surface area contributed by atoms with Crippen LogP contribution in [0.3, 0.4) is 0 Å². The number of halogens is 3. The molecule has 0 aliphatic heterocycles. The number of carbonyl (C=O) groups excluding carboxylic acids is 2. The lowest BCUT2D eigenvalue weighted by Crippen LogP contribution is -2.60. The average Bonchev–Trinajstić information content (AvgIpc) is 2.51. The van der Waals surface area contributed by atoms with Gasteiger partial charge in [0.05, 0.1) is 7.11 Å². The number of nitrogens with one attached hydrogen (secondary N) is 1. The molecule has 1 rings (SSSR count). The van der Waals surface area contributed by atoms with Gasteiger partial charge in [0, 0.05) is 5.56 Å². The van der Waals surface area contributed by atoms with Crippen LogP contribution in [0, 0.1) is 0 Å². The number of esters is 1. The van der Waals surface area contributed by atoms with Crippen LogP contribution in [0.4, 0.5) is 13.2 Å². The molecule has 0 saturated carbocycles. The molecule has 0 spiro atoms. The van der Waals surface area contributed by atoms with Crippen molar-refractivity contribution in [2.75, 3.05) is 7.11 Å². The van der Waals surface area contributed by atoms with Crippen molar-refractivity contribution in [3.05, 3.63) is 35.9 Å². The predicted molar refractivity (Wildman–Crippen MR) is 78.8 cm³/mol. The Morgan fingerprint density at radius 1 is 1.12 bits per heavy atom. The van der Waals surface area contributed by atoms with Gasteiger partial charge in [-0.15, -0.1) is 0 Å². The first-order valence-electron chi connectivity index (χ1n) is 6.61. The summed E-state index contributed by atoms with van der Waals surface area (Å²) in [6, 6.07) is 5.26. The van der Waals surface area contributed by atoms with E-state index in [1.54, 1.807) is 6.07 Å². The fourth-order valence-electron chi connectivity index (χ4n) is 1.89. The fraction of sp³-hybridized carbons (Fsp3) is 0.429. The third-order valence-corrected chi connectivity index (χ3v) is 5.67. The molecule has 134 valence electrons. The minimum atomic E-state index is -5.77. The summed E-state index contributed by atoms with van der Waals surface area (Å²) < 4.78 is 63.8. The molecule has 1 atom stereocenters. The van der Waals surface area contributed by atoms with Crippen molar-refractivity contribution in [3.63, 3.8) is 0 Å². The lowest BCUT2D eigenvalue weighted by atomic mass is 10.0. The number of alkyl halides is 3. The van der Waals surface area contributed by atoms with E-state index in [2.05, 4.69) is 4.74 Å². The van der Waals surface area contributed by atoms with Gasteiger partial charge in [-0.05, 0) is 26.0 Å². The van der Waals surface area contributed by atoms with Crippen molar-refractivity contribution in [3.8, 4) is 0 Å². The Hall–Kier alpha value is -2.10. The lowest BCUT2D eigenvalue weighted by Gasteiger charge is -2.32. The van der Waals surface area contributed by atoms with Gasteiger partial charge in [-0.1, -0.05) is 18.2 Å². The number of methoxy groups -OCH3 is 1. The molecule has 10 heteroatoms. The van der Waals surface area contributed by atoms with Crippen LogP contribution >= 0.6 is 0 Å². The minimum absolute atomic E-state index is 0.0478. The molecule has 0 unspecified atom stereocenters. The number of hydrogen-bond acceptors (Lipinski definition) is 5. The molecule has 0 heterocycles. The van der Waals surface area contributed by atoms with E-state index in [1.165, 1.54) is 24.3 Å². The second kappa shape index (κ2) is 6.80. The second-order valence-electron chi connectivity index (χ2n) is 5.35. The first-order chi connectivity index (χ1) is 10.9. The van der Waals surface area contributed by atoms with E-state index in [0.717, 1.165) is 7.11 Å². The van der Waals surface area contributed by atoms with E-state index in [4.69, 9.17) is 0 Å². The number of carbonyl (C=O) groups is 2. The van der Waals surface area contributed by atoms with Gasteiger partial charge in [0.15, 0.2) is 0 Å². The van der Waals surface area contributed by atoms with Crippen molar-refractivity contribution in [2.45, 2.75) is 30.1 Å². The maximum absolute atomic E-state index is 12.9. The quantitative estimate of drug-likeness (QED) is 0.800. The molecule has 0 saturated heterocycles. The summed E-state index contributed by atoms with van der Waals surface area (Å²) in [4.78, 5) is 23.9. The first-order valence-corrected chi connectivity index (χ1v) is 8.09. The molecule has 6 nitrogen and oxygen atoms in total. The van der Waals surface area contributed by atoms with Crippen LogP contribution in [-0.2, 0) is 19.4 Å². The Balaban J connectivity index is 3.28. The number of sulfone groups is 1. The summed E-state index contributed by atoms with van der Waals surface area (Å²) in [7, 11) is -4.90. The molecule has 0 bridgehead atoms. The SMILES string of the molecule is COC(=O)[C@@H](NC(=O)c1ccccc1)C(C)(C)S(=O)(=O)C(F)(F)F. The van der Waals surface area contributed by atoms with Crippen LogP contribution in [-0.4, -0.2) is 43.7 Å². The normalized spacial score (nSPS) is 13.9. The van der Waals surface area contributed by atoms with Gasteiger partial charge in [0.1, 0.15) is 10.8 Å². The summed E-state index contributed by atoms with van der Waals surface area (Å²) in [6.45, 7) is 1.39. The molecule has 1 N–H and O–H groups in total. The van der Waals surface area contributed by atoms with Gasteiger partial charge in [-0.25, -0.2) is 13.2 Å². The summed E-state index contributed by atoms with van der Waals surface area (Å²) in [5.41, 5.74) is -5.55. The van der Waals surface area contributed by atoms with Gasteiger partial charge in [-0.3, -0.25) is 4.79 Å². The highest BCUT2D eigenvalue weighted by atomic mass is 32.2. The van der Waals surface area contributed by atoms with Crippen molar-refractivity contribution in [1.29, 1.82) is 0 Å². The van der Waals surface area contributed by atoms with Gasteiger partial charge >= 0.3 is 11.5 Å². The van der Waals surface area contributed by atoms with Crippen LogP contribution < -0.4 is 5.32 Å². The lowest BCUT2D eigenvalue weighted by molar-refractivity contribution is -0.143. The van der Waals surface area contributed by atoms with Gasteiger partial charge in [0.25, 0.3) is 15.7 Å². The number of benzene rings is 1. The molecular formula is C14H16F3NO5S. The molecule has 0 radical (unpaired) electrons. The first kappa shape index (κ1) is 19.9. The van der Waals surface area contributed by atoms with E-state index >= 15 is 0 Å². The third-order valence-electron chi connectivity index (χ3n) is 3.44. The van der Waals surface area contributed by atoms with Crippen molar-refractivity contribution in [1.82, 2.24) is 5.32 Å². The molecule has 0 fully saturated rings. The zero-order chi connectivity index (χ0) is 18.8. The van der Waals surface area contributed by atoms with E-state index < -0.39 is 38.0 Å². The van der Waals surface area contributed by atoms with Crippen LogP contribution in [0.1, 0.15) is 24.2 Å². The Labute approximate surface area is 136 Å². The third kappa shape index (κ3) is 3.69. The average molecular weight is 367 g/mol. The van der Waals surface area contributed by atoms with Gasteiger partial charge < -0.3 is 10.1 Å². The minimum Gasteiger partial charge on any atom is -0.467 e. The molecule has 1 amide bonds. The summed E-state index contributed by atoms with van der Waals surface area (Å²) in [6.07, 6.45) is 0. The molecule has 24 heavy (non-hydrogen) atoms. The molecule has 0 aliphatic carbocycles. The Morgan fingerprint density at radius 2 is 1.62 bits per heavy atom. The summed E-state index contributed by atoms with van der Waals surface area (Å²) in [5, 5.41) is 2.01. The number of rotatable bonds is 5. The largest absolute Gasteiger partial charge is 0.498 e. The smallest absolute Gasteiger partial charge is 0.467 e. The molecule has 0 aliphatic rings. The Kier molecular flexibility index (Phi) is 5.65. The van der Waals surface area contributed by atoms with E-state index in [9.17, 15) is 31.2 Å². The van der Waals surface area contributed by atoms with Crippen molar-refractivity contribution >= 4 is 21.7 Å². The topological polar surface area (TPSA) is 89.5 Å². The molecule has 1 aromatic rings. The monoisotopic (exact) mass is 367 g/mol. The second-order valence-corrected chi connectivity index (χ2v) is 7.87. The summed E-state index contributed by atoms with van der Waals surface area (Å²) in [5.74, 6) is -2.21. The van der Waals surface area contributed by atoms with Crippen molar-refractivity contribution in [2.24, 2.45) is 0 Å². The highest BCUT2D eigenvalue weighted by molar-refractivity contribution is 7.93. The van der Waals surface area contributed by atoms with Crippen molar-refractivity contribution < 1.29 is 35.9 Å². The van der Waals surface area contributed by atoms with E-state index in [-0.39, 0.29) is 5.56 Å². The van der Waals surface area contributed by atoms with Crippen LogP contribution in [0.15, 0.2) is 30.3 Å². The van der Waals surface area contributed by atoms with E-state index in [0.29, 0.717) is 13.8 Å². The number of ether oxygens (including phenoxy) is 1. The maximum atomic E-state index is 12.9. The molecule has 1 aromatic carbocycles. The van der Waals surface area contributed by atoms with Gasteiger partial charge in [-0.2, -0.15) is 13.2 Å². The number of amides is 1. The standard InChI is InChI=1S/C14H16F3NO5S/c1-13(2,24(21,22)14(15,16)17)10(12(20)23-3)18-11(19)9-7-5-4-6-8-9/h4-8,10H,1-3H3,(H,18,19)/t10-/m1/s1. The Morgan fingerprint density at radius 3 is 2.04 bits per heavy atom.